The Hall–Kier alpha value is -6.58. The fraction of sp³-hybridized carbons (Fsp3) is 0. The molecule has 49 heavy (non-hydrogen) atoms. The van der Waals surface area contributed by atoms with Crippen molar-refractivity contribution in [2.24, 2.45) is 0 Å². The second kappa shape index (κ2) is 11.0. The summed E-state index contributed by atoms with van der Waals surface area (Å²) in [4.78, 5) is 2.34. The Morgan fingerprint density at radius 2 is 1.00 bits per heavy atom. The number of benzene rings is 8. The zero-order valence-corrected chi connectivity index (χ0v) is 26.5. The van der Waals surface area contributed by atoms with E-state index in [1.165, 1.54) is 16.5 Å². The largest absolute Gasteiger partial charge is 0.456 e. The Labute approximate surface area is 282 Å². The monoisotopic (exact) mass is 627 g/mol. The summed E-state index contributed by atoms with van der Waals surface area (Å²) in [5, 5.41) is 6.68. The molecule has 0 saturated carbocycles. The van der Waals surface area contributed by atoms with Gasteiger partial charge in [0.1, 0.15) is 16.7 Å². The SMILES string of the molecule is c1ccc(-c2ccc3cc(N(c4ccc(-c5ccccc5)c5c4oc4ccccc45)c4cccc5oc6ccccc6c45)ccc3c2)cc1. The van der Waals surface area contributed by atoms with Gasteiger partial charge in [-0.2, -0.15) is 0 Å². The van der Waals surface area contributed by atoms with Crippen molar-refractivity contribution < 1.29 is 8.83 Å². The van der Waals surface area contributed by atoms with Gasteiger partial charge in [-0.05, 0) is 81.6 Å². The Balaban J connectivity index is 1.27. The van der Waals surface area contributed by atoms with Crippen LogP contribution >= 0.6 is 0 Å². The van der Waals surface area contributed by atoms with Crippen LogP contribution in [0.25, 0.3) is 76.9 Å². The van der Waals surface area contributed by atoms with E-state index in [2.05, 4.69) is 163 Å². The van der Waals surface area contributed by atoms with Gasteiger partial charge in [0.2, 0.25) is 0 Å². The van der Waals surface area contributed by atoms with Crippen LogP contribution < -0.4 is 4.90 Å². The second-order valence-corrected chi connectivity index (χ2v) is 12.5. The van der Waals surface area contributed by atoms with Gasteiger partial charge in [-0.25, -0.2) is 0 Å². The molecule has 0 unspecified atom stereocenters. The van der Waals surface area contributed by atoms with Gasteiger partial charge in [-0.1, -0.05) is 127 Å². The highest BCUT2D eigenvalue weighted by molar-refractivity contribution is 6.19. The molecule has 2 aromatic heterocycles. The van der Waals surface area contributed by atoms with E-state index in [1.807, 2.05) is 18.2 Å². The van der Waals surface area contributed by atoms with Crippen LogP contribution in [0.1, 0.15) is 0 Å². The van der Waals surface area contributed by atoms with Crippen molar-refractivity contribution >= 4 is 71.7 Å². The lowest BCUT2D eigenvalue weighted by Gasteiger charge is -2.27. The first-order valence-electron chi connectivity index (χ1n) is 16.6. The number of para-hydroxylation sites is 2. The predicted molar refractivity (Wildman–Crippen MR) is 204 cm³/mol. The first-order valence-corrected chi connectivity index (χ1v) is 16.6. The Morgan fingerprint density at radius 3 is 1.80 bits per heavy atom. The third kappa shape index (κ3) is 4.44. The van der Waals surface area contributed by atoms with Crippen LogP contribution in [-0.4, -0.2) is 0 Å². The van der Waals surface area contributed by atoms with Gasteiger partial charge in [0.05, 0.1) is 16.8 Å². The molecule has 0 bridgehead atoms. The van der Waals surface area contributed by atoms with Crippen LogP contribution in [0.2, 0.25) is 0 Å². The molecule has 0 aliphatic heterocycles. The Kier molecular flexibility index (Phi) is 6.18. The number of rotatable bonds is 5. The fourth-order valence-electron chi connectivity index (χ4n) is 7.38. The Bertz CT molecular complexity index is 2830. The highest BCUT2D eigenvalue weighted by Crippen LogP contribution is 2.48. The summed E-state index contributed by atoms with van der Waals surface area (Å²) in [6.07, 6.45) is 0. The summed E-state index contributed by atoms with van der Waals surface area (Å²) in [5.74, 6) is 0. The van der Waals surface area contributed by atoms with Crippen LogP contribution in [0, 0.1) is 0 Å². The van der Waals surface area contributed by atoms with Crippen molar-refractivity contribution in [3.8, 4) is 22.3 Å². The molecule has 8 aromatic carbocycles. The lowest BCUT2D eigenvalue weighted by Crippen LogP contribution is -2.11. The molecule has 0 atom stereocenters. The topological polar surface area (TPSA) is 29.5 Å². The average molecular weight is 628 g/mol. The van der Waals surface area contributed by atoms with Gasteiger partial charge in [0, 0.05) is 21.8 Å². The number of hydrogen-bond donors (Lipinski definition) is 0. The minimum absolute atomic E-state index is 0.840. The molecular weight excluding hydrogens is 599 g/mol. The van der Waals surface area contributed by atoms with Crippen LogP contribution in [0.5, 0.6) is 0 Å². The third-order valence-electron chi connectivity index (χ3n) is 9.64. The molecule has 2 heterocycles. The first-order chi connectivity index (χ1) is 24.3. The summed E-state index contributed by atoms with van der Waals surface area (Å²) < 4.78 is 13.2. The Morgan fingerprint density at radius 1 is 0.367 bits per heavy atom. The molecule has 230 valence electrons. The van der Waals surface area contributed by atoms with Crippen molar-refractivity contribution in [3.63, 3.8) is 0 Å². The first kappa shape index (κ1) is 27.5. The maximum absolute atomic E-state index is 6.84. The van der Waals surface area contributed by atoms with Crippen molar-refractivity contribution in [1.82, 2.24) is 0 Å². The highest BCUT2D eigenvalue weighted by atomic mass is 16.3. The molecule has 0 spiro atoms. The lowest BCUT2D eigenvalue weighted by molar-refractivity contribution is 0.668. The molecule has 10 aromatic rings. The van der Waals surface area contributed by atoms with E-state index in [0.29, 0.717) is 0 Å². The molecule has 0 saturated heterocycles. The summed E-state index contributed by atoms with van der Waals surface area (Å²) >= 11 is 0. The molecule has 0 N–H and O–H groups in total. The van der Waals surface area contributed by atoms with E-state index in [9.17, 15) is 0 Å². The summed E-state index contributed by atoms with van der Waals surface area (Å²) in [6, 6.07) is 61.9. The van der Waals surface area contributed by atoms with Crippen LogP contribution in [0.3, 0.4) is 0 Å². The van der Waals surface area contributed by atoms with E-state index in [4.69, 9.17) is 8.83 Å². The predicted octanol–water partition coefficient (Wildman–Crippen LogP) is 13.4. The molecule has 3 heteroatoms. The van der Waals surface area contributed by atoms with E-state index in [-0.39, 0.29) is 0 Å². The maximum atomic E-state index is 6.84. The fourth-order valence-corrected chi connectivity index (χ4v) is 7.38. The second-order valence-electron chi connectivity index (χ2n) is 12.5. The molecule has 0 aliphatic carbocycles. The van der Waals surface area contributed by atoms with Gasteiger partial charge in [-0.15, -0.1) is 0 Å². The van der Waals surface area contributed by atoms with Crippen molar-refractivity contribution in [1.29, 1.82) is 0 Å². The standard InChI is InChI=1S/C46H29NO2/c1-3-12-30(13-4-1)32-22-23-34-29-35(25-24-33(34)28-32)47(39-18-11-21-43-45(39)38-17-8-9-19-41(38)48-43)40-27-26-36(31-14-5-2-6-15-31)44-37-16-7-10-20-42(37)49-46(40)44/h1-29H. The molecule has 10 rings (SSSR count). The number of nitrogens with zero attached hydrogens (tertiary/aromatic N) is 1. The van der Waals surface area contributed by atoms with Crippen molar-refractivity contribution in [2.75, 3.05) is 4.90 Å². The van der Waals surface area contributed by atoms with Gasteiger partial charge in [0.15, 0.2) is 5.58 Å². The normalized spacial score (nSPS) is 11.7. The summed E-state index contributed by atoms with van der Waals surface area (Å²) in [7, 11) is 0. The van der Waals surface area contributed by atoms with E-state index in [0.717, 1.165) is 77.5 Å². The van der Waals surface area contributed by atoms with E-state index < -0.39 is 0 Å². The number of hydrogen-bond acceptors (Lipinski definition) is 3. The smallest absolute Gasteiger partial charge is 0.160 e. The zero-order chi connectivity index (χ0) is 32.3. The maximum Gasteiger partial charge on any atom is 0.160 e. The van der Waals surface area contributed by atoms with Gasteiger partial charge >= 0.3 is 0 Å². The molecule has 0 radical (unpaired) electrons. The van der Waals surface area contributed by atoms with E-state index in [1.54, 1.807) is 0 Å². The molecule has 0 aliphatic rings. The minimum atomic E-state index is 0.840. The minimum Gasteiger partial charge on any atom is -0.456 e. The third-order valence-corrected chi connectivity index (χ3v) is 9.64. The van der Waals surface area contributed by atoms with Gasteiger partial charge in [0.25, 0.3) is 0 Å². The molecule has 3 nitrogen and oxygen atoms in total. The van der Waals surface area contributed by atoms with Crippen LogP contribution in [0.4, 0.5) is 17.1 Å². The summed E-state index contributed by atoms with van der Waals surface area (Å²) in [5.41, 5.74) is 11.1. The van der Waals surface area contributed by atoms with Crippen molar-refractivity contribution in [2.45, 2.75) is 0 Å². The van der Waals surface area contributed by atoms with E-state index >= 15 is 0 Å². The van der Waals surface area contributed by atoms with Crippen LogP contribution in [0.15, 0.2) is 185 Å². The number of fused-ring (bicyclic) bond motifs is 7. The average Bonchev–Trinajstić information content (AvgIpc) is 3.75. The number of anilines is 3. The molecule has 0 amide bonds. The zero-order valence-electron chi connectivity index (χ0n) is 26.5. The summed E-state index contributed by atoms with van der Waals surface area (Å²) in [6.45, 7) is 0. The van der Waals surface area contributed by atoms with Crippen molar-refractivity contribution in [3.05, 3.63) is 176 Å². The molecule has 0 fully saturated rings. The lowest BCUT2D eigenvalue weighted by atomic mass is 9.97. The van der Waals surface area contributed by atoms with Gasteiger partial charge < -0.3 is 13.7 Å². The highest BCUT2D eigenvalue weighted by Gasteiger charge is 2.25. The number of furan rings is 2. The quantitative estimate of drug-likeness (QED) is 0.190. The van der Waals surface area contributed by atoms with Crippen LogP contribution in [-0.2, 0) is 0 Å². The van der Waals surface area contributed by atoms with Gasteiger partial charge in [-0.3, -0.25) is 0 Å². The molecular formula is C46H29NO2.